The van der Waals surface area contributed by atoms with Crippen LogP contribution in [0.5, 0.6) is 0 Å². The molecule has 2 fully saturated rings. The van der Waals surface area contributed by atoms with Crippen LogP contribution >= 0.6 is 0 Å². The third-order valence-electron chi connectivity index (χ3n) is 4.68. The summed E-state index contributed by atoms with van der Waals surface area (Å²) in [5.74, 6) is 0. The van der Waals surface area contributed by atoms with Gasteiger partial charge in [-0.1, -0.05) is 6.42 Å². The van der Waals surface area contributed by atoms with Crippen LogP contribution in [0.2, 0.25) is 0 Å². The smallest absolute Gasteiger partial charge is 0.0489 e. The van der Waals surface area contributed by atoms with Crippen molar-refractivity contribution in [3.63, 3.8) is 0 Å². The molecule has 1 atom stereocenters. The van der Waals surface area contributed by atoms with Gasteiger partial charge in [0.25, 0.3) is 0 Å². The first kappa shape index (κ1) is 13.1. The van der Waals surface area contributed by atoms with Crippen molar-refractivity contribution in [3.05, 3.63) is 18.5 Å². The molecule has 3 rings (SSSR count). The van der Waals surface area contributed by atoms with Gasteiger partial charge >= 0.3 is 0 Å². The highest BCUT2D eigenvalue weighted by Gasteiger charge is 2.34. The van der Waals surface area contributed by atoms with Gasteiger partial charge in [0.15, 0.2) is 0 Å². The maximum absolute atomic E-state index is 4.25. The summed E-state index contributed by atoms with van der Waals surface area (Å²) in [4.78, 5) is 5.34. The van der Waals surface area contributed by atoms with Gasteiger partial charge in [0.2, 0.25) is 0 Å². The molecule has 0 bridgehead atoms. The van der Waals surface area contributed by atoms with Gasteiger partial charge in [0, 0.05) is 50.7 Å². The number of rotatable bonds is 5. The fourth-order valence-corrected chi connectivity index (χ4v) is 3.49. The zero-order chi connectivity index (χ0) is 13.1. The lowest BCUT2D eigenvalue weighted by Crippen LogP contribution is -2.62. The Morgan fingerprint density at radius 2 is 2.11 bits per heavy atom. The van der Waals surface area contributed by atoms with Gasteiger partial charge < -0.3 is 4.90 Å². The van der Waals surface area contributed by atoms with Crippen LogP contribution in [0.1, 0.15) is 32.6 Å². The Balaban J connectivity index is 1.34. The molecule has 4 heteroatoms. The Morgan fingerprint density at radius 3 is 2.84 bits per heavy atom. The average molecular weight is 262 g/mol. The van der Waals surface area contributed by atoms with Crippen LogP contribution in [0.4, 0.5) is 0 Å². The highest BCUT2D eigenvalue weighted by molar-refractivity contribution is 4.91. The zero-order valence-electron chi connectivity index (χ0n) is 12.0. The summed E-state index contributed by atoms with van der Waals surface area (Å²) >= 11 is 0. The molecule has 4 nitrogen and oxygen atoms in total. The van der Waals surface area contributed by atoms with Gasteiger partial charge in [-0.25, -0.2) is 0 Å². The number of aromatic nitrogens is 2. The third kappa shape index (κ3) is 3.18. The first-order valence-corrected chi connectivity index (χ1v) is 7.78. The molecule has 0 aliphatic carbocycles. The molecule has 0 N–H and O–H groups in total. The summed E-state index contributed by atoms with van der Waals surface area (Å²) < 4.78 is 2.03. The fourth-order valence-electron chi connectivity index (χ4n) is 3.49. The number of hydrogen-bond acceptors (Lipinski definition) is 3. The van der Waals surface area contributed by atoms with Gasteiger partial charge in [0.1, 0.15) is 0 Å². The summed E-state index contributed by atoms with van der Waals surface area (Å²) in [6, 6.07) is 3.64. The van der Waals surface area contributed by atoms with Crippen molar-refractivity contribution in [2.75, 3.05) is 26.2 Å². The highest BCUT2D eigenvalue weighted by Crippen LogP contribution is 2.24. The molecule has 1 unspecified atom stereocenters. The molecule has 1 aromatic rings. The monoisotopic (exact) mass is 262 g/mol. The molecule has 2 aliphatic rings. The second-order valence-electron chi connectivity index (χ2n) is 6.12. The fraction of sp³-hybridized carbons (Fsp3) is 0.800. The zero-order valence-corrected chi connectivity index (χ0v) is 12.0. The van der Waals surface area contributed by atoms with E-state index in [9.17, 15) is 0 Å². The van der Waals surface area contributed by atoms with Crippen molar-refractivity contribution in [1.82, 2.24) is 19.6 Å². The summed E-state index contributed by atoms with van der Waals surface area (Å²) in [7, 11) is 0. The molecule has 0 aromatic carbocycles. The maximum Gasteiger partial charge on any atom is 0.0489 e. The van der Waals surface area contributed by atoms with E-state index in [4.69, 9.17) is 0 Å². The lowest BCUT2D eigenvalue weighted by molar-refractivity contribution is -0.00302. The SMILES string of the molecule is CC1CCCCN1C1CN(CCCn2cccn2)C1. The Labute approximate surface area is 116 Å². The molecule has 0 amide bonds. The summed E-state index contributed by atoms with van der Waals surface area (Å²) in [5, 5.41) is 4.25. The van der Waals surface area contributed by atoms with E-state index in [1.165, 1.54) is 51.9 Å². The summed E-state index contributed by atoms with van der Waals surface area (Å²) in [6.45, 7) is 8.56. The van der Waals surface area contributed by atoms with Gasteiger partial charge in [-0.05, 0) is 38.8 Å². The minimum atomic E-state index is 0.810. The molecule has 2 aliphatic heterocycles. The molecule has 106 valence electrons. The van der Waals surface area contributed by atoms with Crippen molar-refractivity contribution >= 4 is 0 Å². The van der Waals surface area contributed by atoms with Crippen molar-refractivity contribution in [2.45, 2.75) is 51.2 Å². The minimum absolute atomic E-state index is 0.810. The Hall–Kier alpha value is -0.870. The van der Waals surface area contributed by atoms with Crippen LogP contribution < -0.4 is 0 Å². The number of nitrogens with zero attached hydrogens (tertiary/aromatic N) is 4. The van der Waals surface area contributed by atoms with Crippen LogP contribution in [0.25, 0.3) is 0 Å². The highest BCUT2D eigenvalue weighted by atomic mass is 15.3. The van der Waals surface area contributed by atoms with Crippen molar-refractivity contribution in [3.8, 4) is 0 Å². The molecule has 0 radical (unpaired) electrons. The van der Waals surface area contributed by atoms with Crippen molar-refractivity contribution in [1.29, 1.82) is 0 Å². The van der Waals surface area contributed by atoms with Crippen LogP contribution in [0.15, 0.2) is 18.5 Å². The first-order chi connectivity index (χ1) is 9.33. The van der Waals surface area contributed by atoms with Gasteiger partial charge in [-0.15, -0.1) is 0 Å². The van der Waals surface area contributed by atoms with Crippen LogP contribution in [0.3, 0.4) is 0 Å². The largest absolute Gasteiger partial charge is 0.300 e. The number of likely N-dealkylation sites (tertiary alicyclic amines) is 2. The molecular weight excluding hydrogens is 236 g/mol. The Bertz CT molecular complexity index is 370. The second-order valence-corrected chi connectivity index (χ2v) is 6.12. The van der Waals surface area contributed by atoms with Gasteiger partial charge in [-0.3, -0.25) is 9.58 Å². The Morgan fingerprint density at radius 1 is 1.21 bits per heavy atom. The summed E-state index contributed by atoms with van der Waals surface area (Å²) in [5.41, 5.74) is 0. The third-order valence-corrected chi connectivity index (χ3v) is 4.68. The predicted molar refractivity (Wildman–Crippen MR) is 77.1 cm³/mol. The molecule has 0 saturated carbocycles. The lowest BCUT2D eigenvalue weighted by atomic mass is 9.97. The van der Waals surface area contributed by atoms with Gasteiger partial charge in [-0.2, -0.15) is 5.10 Å². The normalized spacial score (nSPS) is 26.5. The predicted octanol–water partition coefficient (Wildman–Crippen LogP) is 1.83. The Kier molecular flexibility index (Phi) is 4.18. The van der Waals surface area contributed by atoms with Crippen molar-refractivity contribution in [2.24, 2.45) is 0 Å². The van der Waals surface area contributed by atoms with Gasteiger partial charge in [0.05, 0.1) is 0 Å². The van der Waals surface area contributed by atoms with E-state index in [0.717, 1.165) is 18.6 Å². The molecule has 1 aromatic heterocycles. The van der Waals surface area contributed by atoms with E-state index in [2.05, 4.69) is 21.8 Å². The lowest BCUT2D eigenvalue weighted by Gasteiger charge is -2.49. The number of piperidine rings is 1. The van der Waals surface area contributed by atoms with E-state index >= 15 is 0 Å². The molecule has 3 heterocycles. The first-order valence-electron chi connectivity index (χ1n) is 7.78. The van der Waals surface area contributed by atoms with E-state index in [1.54, 1.807) is 0 Å². The topological polar surface area (TPSA) is 24.3 Å². The number of hydrogen-bond donors (Lipinski definition) is 0. The van der Waals surface area contributed by atoms with E-state index in [0.29, 0.717) is 0 Å². The van der Waals surface area contributed by atoms with Crippen LogP contribution in [-0.2, 0) is 6.54 Å². The average Bonchev–Trinajstić information content (AvgIpc) is 2.87. The van der Waals surface area contributed by atoms with Crippen LogP contribution in [-0.4, -0.2) is 57.8 Å². The standard InChI is InChI=1S/C15H26N4/c1-14-6-2-3-11-19(14)15-12-17(13-15)8-5-10-18-9-4-7-16-18/h4,7,9,14-15H,2-3,5-6,8,10-13H2,1H3. The maximum atomic E-state index is 4.25. The van der Waals surface area contributed by atoms with E-state index in [-0.39, 0.29) is 0 Å². The minimum Gasteiger partial charge on any atom is -0.300 e. The molecular formula is C15H26N4. The molecule has 2 saturated heterocycles. The van der Waals surface area contributed by atoms with Crippen LogP contribution in [0, 0.1) is 0 Å². The van der Waals surface area contributed by atoms with E-state index in [1.807, 2.05) is 23.1 Å². The quantitative estimate of drug-likeness (QED) is 0.809. The van der Waals surface area contributed by atoms with Crippen molar-refractivity contribution < 1.29 is 0 Å². The second kappa shape index (κ2) is 6.06. The van der Waals surface area contributed by atoms with E-state index < -0.39 is 0 Å². The molecule has 19 heavy (non-hydrogen) atoms. The number of aryl methyl sites for hydroxylation is 1. The molecule has 0 spiro atoms. The summed E-state index contributed by atoms with van der Waals surface area (Å²) in [6.07, 6.45) is 9.35.